The van der Waals surface area contributed by atoms with E-state index in [9.17, 15) is 4.79 Å². The van der Waals surface area contributed by atoms with Crippen molar-refractivity contribution in [2.75, 3.05) is 13.7 Å². The first-order chi connectivity index (χ1) is 28.0. The Morgan fingerprint density at radius 3 is 1.64 bits per heavy atom. The summed E-state index contributed by atoms with van der Waals surface area (Å²) in [5.74, 6) is 0.905. The SMILES string of the molecule is COc1c2nc(cc3[nH]c(cc3-c3ccc(C)cc3)c(-c3ccc(OCC(=O)OC(C)(C)C)cc3)c3nc(cc4[nH]c1cc4-c1ccc(C)cc1)C(C)(C)C3)C(C)(C)C2. The van der Waals surface area contributed by atoms with E-state index in [1.807, 2.05) is 45.0 Å². The third-order valence-electron chi connectivity index (χ3n) is 11.3. The maximum absolute atomic E-state index is 12.5. The quantitative estimate of drug-likeness (QED) is 0.156. The Morgan fingerprint density at radius 1 is 0.644 bits per heavy atom. The van der Waals surface area contributed by atoms with Crippen LogP contribution in [-0.4, -0.2) is 45.2 Å². The minimum Gasteiger partial charge on any atom is -0.493 e. The number of rotatable bonds is 7. The van der Waals surface area contributed by atoms with Gasteiger partial charge in [-0.3, -0.25) is 9.97 Å². The number of methoxy groups -OCH3 is 1. The number of carbonyl (C=O) groups is 1. The van der Waals surface area contributed by atoms with Gasteiger partial charge in [-0.15, -0.1) is 0 Å². The fraction of sp³-hybridized carbons (Fsp3) is 0.314. The van der Waals surface area contributed by atoms with Gasteiger partial charge in [0.25, 0.3) is 0 Å². The molecule has 2 aliphatic rings. The smallest absolute Gasteiger partial charge is 0.344 e. The summed E-state index contributed by atoms with van der Waals surface area (Å²) < 4.78 is 17.6. The number of hydrogen-bond acceptors (Lipinski definition) is 6. The molecule has 0 spiro atoms. The lowest BCUT2D eigenvalue weighted by Crippen LogP contribution is -2.27. The first kappa shape index (κ1) is 39.7. The monoisotopic (exact) mass is 786 g/mol. The Hall–Kier alpha value is -6.15. The second kappa shape index (κ2) is 14.9. The molecule has 0 radical (unpaired) electrons. The number of ether oxygens (including phenoxy) is 3. The summed E-state index contributed by atoms with van der Waals surface area (Å²) in [6.07, 6.45) is 1.42. The summed E-state index contributed by atoms with van der Waals surface area (Å²) in [6.45, 7) is 18.6. The van der Waals surface area contributed by atoms with Crippen LogP contribution in [-0.2, 0) is 33.2 Å². The summed E-state index contributed by atoms with van der Waals surface area (Å²) in [7, 11) is 1.73. The second-order valence-corrected chi connectivity index (χ2v) is 18.4. The van der Waals surface area contributed by atoms with E-state index in [0.717, 1.165) is 84.0 Å². The summed E-state index contributed by atoms with van der Waals surface area (Å²) >= 11 is 0. The van der Waals surface area contributed by atoms with Crippen LogP contribution in [0.4, 0.5) is 0 Å². The van der Waals surface area contributed by atoms with E-state index >= 15 is 0 Å². The van der Waals surface area contributed by atoms with Crippen molar-refractivity contribution in [1.82, 2.24) is 19.9 Å². The third kappa shape index (κ3) is 8.14. The Bertz CT molecular complexity index is 2730. The number of carbonyl (C=O) groups excluding carboxylic acids is 1. The number of fused-ring (bicyclic) bond motifs is 8. The zero-order chi connectivity index (χ0) is 41.9. The van der Waals surface area contributed by atoms with Crippen molar-refractivity contribution in [2.24, 2.45) is 0 Å². The van der Waals surface area contributed by atoms with Crippen molar-refractivity contribution in [3.63, 3.8) is 0 Å². The molecule has 0 amide bonds. The molecule has 2 N–H and O–H groups in total. The molecule has 3 aromatic carbocycles. The molecule has 0 fully saturated rings. The molecule has 8 nitrogen and oxygen atoms in total. The van der Waals surface area contributed by atoms with Gasteiger partial charge in [-0.1, -0.05) is 99.5 Å². The van der Waals surface area contributed by atoms with Gasteiger partial charge in [-0.05, 0) is 87.7 Å². The summed E-state index contributed by atoms with van der Waals surface area (Å²) in [6, 6.07) is 34.1. The van der Waals surface area contributed by atoms with Gasteiger partial charge in [-0.2, -0.15) is 0 Å². The third-order valence-corrected chi connectivity index (χ3v) is 11.3. The van der Waals surface area contributed by atoms with E-state index in [-0.39, 0.29) is 17.4 Å². The lowest BCUT2D eigenvalue weighted by Gasteiger charge is -2.19. The molecule has 3 aromatic heterocycles. The molecular formula is C51H54N4O4. The number of hydrogen-bond donors (Lipinski definition) is 2. The van der Waals surface area contributed by atoms with Crippen molar-refractivity contribution in [3.05, 3.63) is 131 Å². The average molecular weight is 787 g/mol. The first-order valence-electron chi connectivity index (χ1n) is 20.4. The van der Waals surface area contributed by atoms with E-state index in [1.165, 1.54) is 11.1 Å². The molecule has 5 heterocycles. The highest BCUT2D eigenvalue weighted by Crippen LogP contribution is 2.42. The van der Waals surface area contributed by atoms with E-state index < -0.39 is 11.6 Å². The lowest BCUT2D eigenvalue weighted by atomic mass is 9.85. The largest absolute Gasteiger partial charge is 0.493 e. The van der Waals surface area contributed by atoms with Gasteiger partial charge in [0.15, 0.2) is 12.4 Å². The molecule has 0 unspecified atom stereocenters. The van der Waals surface area contributed by atoms with Crippen LogP contribution in [0.25, 0.3) is 55.4 Å². The normalized spacial score (nSPS) is 14.5. The zero-order valence-corrected chi connectivity index (χ0v) is 35.9. The summed E-state index contributed by atoms with van der Waals surface area (Å²) in [5, 5.41) is 0. The minimum absolute atomic E-state index is 0.175. The zero-order valence-electron chi connectivity index (χ0n) is 35.9. The molecule has 59 heavy (non-hydrogen) atoms. The highest BCUT2D eigenvalue weighted by atomic mass is 16.6. The maximum atomic E-state index is 12.5. The Kier molecular flexibility index (Phi) is 10.0. The Labute approximate surface area is 347 Å². The van der Waals surface area contributed by atoms with Crippen LogP contribution in [0.2, 0.25) is 0 Å². The van der Waals surface area contributed by atoms with Crippen LogP contribution in [0.3, 0.4) is 0 Å². The Morgan fingerprint density at radius 2 is 1.12 bits per heavy atom. The van der Waals surface area contributed by atoms with Crippen molar-refractivity contribution >= 4 is 28.0 Å². The number of aromatic nitrogens is 4. The van der Waals surface area contributed by atoms with Gasteiger partial charge in [0.2, 0.25) is 0 Å². The van der Waals surface area contributed by atoms with Crippen molar-refractivity contribution in [2.45, 2.75) is 91.6 Å². The van der Waals surface area contributed by atoms with Crippen molar-refractivity contribution in [3.8, 4) is 44.9 Å². The molecule has 6 aromatic rings. The van der Waals surface area contributed by atoms with Crippen LogP contribution in [0.5, 0.6) is 11.5 Å². The minimum atomic E-state index is -0.588. The van der Waals surface area contributed by atoms with Gasteiger partial charge < -0.3 is 24.2 Å². The van der Waals surface area contributed by atoms with Crippen LogP contribution >= 0.6 is 0 Å². The standard InChI is InChI=1S/C51H54N4O4/c1-30-11-15-32(16-12-30)36-23-40-47(34-19-21-35(22-20-34)58-29-46(56)59-49(3,4)5)42-27-50(6,7)44(54-42)26-39-37(33-17-13-31(2)14-18-33)24-41(53-39)48(57-10)43-28-51(8,9)45(55-43)25-38(36)52-40/h11-26,52-53H,27-29H2,1-10H3. The summed E-state index contributed by atoms with van der Waals surface area (Å²) in [4.78, 5) is 30.9. The van der Waals surface area contributed by atoms with Gasteiger partial charge in [-0.25, -0.2) is 4.79 Å². The molecule has 0 saturated heterocycles. The predicted molar refractivity (Wildman–Crippen MR) is 238 cm³/mol. The molecule has 8 rings (SSSR count). The number of nitrogens with zero attached hydrogens (tertiary/aromatic N) is 2. The molecule has 0 saturated carbocycles. The fourth-order valence-corrected chi connectivity index (χ4v) is 8.16. The lowest BCUT2D eigenvalue weighted by molar-refractivity contribution is -0.157. The first-order valence-corrected chi connectivity index (χ1v) is 20.4. The molecular weight excluding hydrogens is 733 g/mol. The molecule has 2 aliphatic heterocycles. The van der Waals surface area contributed by atoms with Crippen LogP contribution < -0.4 is 9.47 Å². The van der Waals surface area contributed by atoms with Crippen LogP contribution in [0.1, 0.15) is 82.4 Å². The van der Waals surface area contributed by atoms with Gasteiger partial charge in [0.05, 0.1) is 24.0 Å². The number of aromatic amines is 2. The molecule has 8 heteroatoms. The maximum Gasteiger partial charge on any atom is 0.344 e. The second-order valence-electron chi connectivity index (χ2n) is 18.4. The highest BCUT2D eigenvalue weighted by Gasteiger charge is 2.33. The number of nitrogens with one attached hydrogen (secondary N) is 2. The van der Waals surface area contributed by atoms with Gasteiger partial charge in [0, 0.05) is 68.3 Å². The molecule has 0 aliphatic carbocycles. The summed E-state index contributed by atoms with van der Waals surface area (Å²) in [5.41, 5.74) is 15.2. The highest BCUT2D eigenvalue weighted by molar-refractivity contribution is 5.93. The number of H-pyrrole nitrogens is 2. The van der Waals surface area contributed by atoms with Gasteiger partial charge in [0.1, 0.15) is 11.4 Å². The number of esters is 1. The van der Waals surface area contributed by atoms with E-state index in [1.54, 1.807) is 7.11 Å². The van der Waals surface area contributed by atoms with E-state index in [2.05, 4.69) is 124 Å². The molecule has 302 valence electrons. The molecule has 8 bridgehead atoms. The average Bonchev–Trinajstić information content (AvgIpc) is 3.92. The number of aryl methyl sites for hydroxylation is 2. The van der Waals surface area contributed by atoms with Crippen LogP contribution in [0.15, 0.2) is 97.1 Å². The van der Waals surface area contributed by atoms with Crippen molar-refractivity contribution in [1.29, 1.82) is 0 Å². The fourth-order valence-electron chi connectivity index (χ4n) is 8.16. The topological polar surface area (TPSA) is 102 Å². The Balaban J connectivity index is 1.43. The number of benzene rings is 3. The van der Waals surface area contributed by atoms with E-state index in [0.29, 0.717) is 18.6 Å². The van der Waals surface area contributed by atoms with E-state index in [4.69, 9.17) is 24.2 Å². The van der Waals surface area contributed by atoms with Crippen molar-refractivity contribution < 1.29 is 19.0 Å². The van der Waals surface area contributed by atoms with Crippen LogP contribution in [0, 0.1) is 13.8 Å². The predicted octanol–water partition coefficient (Wildman–Crippen LogP) is 11.7. The van der Waals surface area contributed by atoms with Gasteiger partial charge >= 0.3 is 5.97 Å². The molecule has 0 atom stereocenters.